The fourth-order valence-corrected chi connectivity index (χ4v) is 3.64. The van der Waals surface area contributed by atoms with Gasteiger partial charge in [0.05, 0.1) is 5.57 Å². The van der Waals surface area contributed by atoms with Gasteiger partial charge < -0.3 is 10.6 Å². The predicted molar refractivity (Wildman–Crippen MR) is 109 cm³/mol. The summed E-state index contributed by atoms with van der Waals surface area (Å²) in [5.74, 6) is 0.383. The molecule has 6 nitrogen and oxygen atoms in total. The third kappa shape index (κ3) is 3.48. The molecule has 136 valence electrons. The number of carbonyl (C=O) groups is 1. The maximum Gasteiger partial charge on any atom is 0.255 e. The molecule has 3 aromatic rings. The lowest BCUT2D eigenvalue weighted by Crippen LogP contribution is -2.31. The van der Waals surface area contributed by atoms with Gasteiger partial charge in [-0.05, 0) is 48.9 Å². The molecule has 0 radical (unpaired) electrons. The van der Waals surface area contributed by atoms with Gasteiger partial charge in [-0.1, -0.05) is 39.7 Å². The highest BCUT2D eigenvalue weighted by atomic mass is 79.9. The molecule has 27 heavy (non-hydrogen) atoms. The first-order valence-corrected chi connectivity index (χ1v) is 9.39. The molecule has 1 amide bonds. The number of nitrogens with one attached hydrogen (secondary N) is 2. The van der Waals surface area contributed by atoms with E-state index in [1.807, 2.05) is 31.2 Å². The van der Waals surface area contributed by atoms with Crippen molar-refractivity contribution in [2.45, 2.75) is 13.0 Å². The van der Waals surface area contributed by atoms with E-state index < -0.39 is 6.04 Å². The van der Waals surface area contributed by atoms with Crippen molar-refractivity contribution in [2.75, 3.05) is 10.6 Å². The highest BCUT2D eigenvalue weighted by Crippen LogP contribution is 2.36. The predicted octanol–water partition coefficient (Wildman–Crippen LogP) is 4.62. The van der Waals surface area contributed by atoms with Crippen molar-refractivity contribution in [3.63, 3.8) is 0 Å². The largest absolute Gasteiger partial charge is 0.328 e. The van der Waals surface area contributed by atoms with Crippen molar-refractivity contribution < 1.29 is 4.79 Å². The highest BCUT2D eigenvalue weighted by Gasteiger charge is 2.33. The van der Waals surface area contributed by atoms with Gasteiger partial charge in [0.2, 0.25) is 5.95 Å². The standard InChI is InChI=1S/C19H15BrClN5O/c1-11-16(18(27)25-15-7-5-14(21)6-8-15)17(12-3-2-4-13(20)9-12)26-19(24-11)22-10-23-26/h2-10,17H,1H3,(H,25,27)(H,22,23,24)/t17-/m0/s1. The molecule has 2 N–H and O–H groups in total. The molecule has 1 aliphatic rings. The van der Waals surface area contributed by atoms with Crippen LogP contribution in [-0.2, 0) is 4.79 Å². The second-order valence-electron chi connectivity index (χ2n) is 6.11. The molecule has 0 saturated carbocycles. The Morgan fingerprint density at radius 3 is 2.78 bits per heavy atom. The Morgan fingerprint density at radius 1 is 1.26 bits per heavy atom. The molecule has 8 heteroatoms. The van der Waals surface area contributed by atoms with Crippen LogP contribution in [0.25, 0.3) is 0 Å². The lowest BCUT2D eigenvalue weighted by Gasteiger charge is -2.28. The smallest absolute Gasteiger partial charge is 0.255 e. The van der Waals surface area contributed by atoms with Crippen molar-refractivity contribution in [1.29, 1.82) is 0 Å². The van der Waals surface area contributed by atoms with E-state index in [2.05, 4.69) is 36.6 Å². The number of hydrogen-bond acceptors (Lipinski definition) is 4. The number of carbonyl (C=O) groups excluding carboxylic acids is 1. The molecule has 0 aliphatic carbocycles. The summed E-state index contributed by atoms with van der Waals surface area (Å²) in [5.41, 5.74) is 2.90. The zero-order valence-corrected chi connectivity index (χ0v) is 16.6. The molecular formula is C19H15BrClN5O. The lowest BCUT2D eigenvalue weighted by molar-refractivity contribution is -0.113. The van der Waals surface area contributed by atoms with Gasteiger partial charge in [0.15, 0.2) is 0 Å². The van der Waals surface area contributed by atoms with Crippen LogP contribution in [0.3, 0.4) is 0 Å². The Labute approximate surface area is 169 Å². The molecule has 1 aromatic heterocycles. The van der Waals surface area contributed by atoms with E-state index in [0.29, 0.717) is 22.2 Å². The Morgan fingerprint density at radius 2 is 2.04 bits per heavy atom. The van der Waals surface area contributed by atoms with Gasteiger partial charge in [-0.3, -0.25) is 4.79 Å². The van der Waals surface area contributed by atoms with Crippen LogP contribution in [-0.4, -0.2) is 20.7 Å². The average Bonchev–Trinajstić information content (AvgIpc) is 3.10. The maximum absolute atomic E-state index is 13.1. The highest BCUT2D eigenvalue weighted by molar-refractivity contribution is 9.10. The molecule has 0 unspecified atom stereocenters. The number of halogens is 2. The van der Waals surface area contributed by atoms with Gasteiger partial charge in [-0.2, -0.15) is 10.1 Å². The topological polar surface area (TPSA) is 71.8 Å². The monoisotopic (exact) mass is 443 g/mol. The van der Waals surface area contributed by atoms with Gasteiger partial charge in [0.25, 0.3) is 5.91 Å². The molecule has 1 aliphatic heterocycles. The second-order valence-corrected chi connectivity index (χ2v) is 7.46. The Balaban J connectivity index is 1.76. The van der Waals surface area contributed by atoms with Crippen molar-refractivity contribution in [3.05, 3.63) is 81.2 Å². The first-order valence-electron chi connectivity index (χ1n) is 8.22. The van der Waals surface area contributed by atoms with Crippen molar-refractivity contribution in [2.24, 2.45) is 0 Å². The second kappa shape index (κ2) is 7.17. The minimum atomic E-state index is -0.395. The van der Waals surface area contributed by atoms with E-state index in [1.165, 1.54) is 6.33 Å². The number of rotatable bonds is 3. The zero-order chi connectivity index (χ0) is 19.0. The van der Waals surface area contributed by atoms with Gasteiger partial charge in [-0.15, -0.1) is 0 Å². The lowest BCUT2D eigenvalue weighted by atomic mass is 9.95. The van der Waals surface area contributed by atoms with Crippen molar-refractivity contribution in [1.82, 2.24) is 14.8 Å². The van der Waals surface area contributed by atoms with Crippen LogP contribution in [0.5, 0.6) is 0 Å². The van der Waals surface area contributed by atoms with Crippen LogP contribution in [0.15, 0.2) is 70.6 Å². The zero-order valence-electron chi connectivity index (χ0n) is 14.3. The van der Waals surface area contributed by atoms with Crippen LogP contribution in [0, 0.1) is 0 Å². The first-order chi connectivity index (χ1) is 13.0. The summed E-state index contributed by atoms with van der Waals surface area (Å²) in [7, 11) is 0. The summed E-state index contributed by atoms with van der Waals surface area (Å²) in [5, 5.41) is 11.0. The van der Waals surface area contributed by atoms with Crippen LogP contribution in [0.1, 0.15) is 18.5 Å². The Hall–Kier alpha value is -2.64. The van der Waals surface area contributed by atoms with Gasteiger partial charge in [0, 0.05) is 20.9 Å². The van der Waals surface area contributed by atoms with E-state index in [0.717, 1.165) is 15.7 Å². The fourth-order valence-electron chi connectivity index (χ4n) is 3.10. The van der Waals surface area contributed by atoms with Crippen LogP contribution in [0.4, 0.5) is 11.6 Å². The maximum atomic E-state index is 13.1. The SMILES string of the molecule is CC1=C(C(=O)Nc2ccc(Cl)cc2)[C@H](c2cccc(Br)c2)n2ncnc2N1. The van der Waals surface area contributed by atoms with Crippen LogP contribution in [0.2, 0.25) is 5.02 Å². The summed E-state index contributed by atoms with van der Waals surface area (Å²) in [6, 6.07) is 14.4. The quantitative estimate of drug-likeness (QED) is 0.618. The minimum Gasteiger partial charge on any atom is -0.328 e. The third-order valence-corrected chi connectivity index (χ3v) is 5.05. The number of fused-ring (bicyclic) bond motifs is 1. The molecule has 2 aromatic carbocycles. The Kier molecular flexibility index (Phi) is 4.72. The molecule has 0 fully saturated rings. The van der Waals surface area contributed by atoms with Gasteiger partial charge in [0.1, 0.15) is 12.4 Å². The van der Waals surface area contributed by atoms with Gasteiger partial charge >= 0.3 is 0 Å². The number of benzene rings is 2. The summed E-state index contributed by atoms with van der Waals surface area (Å²) in [4.78, 5) is 17.4. The summed E-state index contributed by atoms with van der Waals surface area (Å²) < 4.78 is 2.64. The molecule has 0 bridgehead atoms. The van der Waals surface area contributed by atoms with Gasteiger partial charge in [-0.25, -0.2) is 4.68 Å². The number of amides is 1. The Bertz CT molecular complexity index is 1040. The van der Waals surface area contributed by atoms with E-state index in [9.17, 15) is 4.79 Å². The molecular weight excluding hydrogens is 430 g/mol. The fraction of sp³-hybridized carbons (Fsp3) is 0.105. The van der Waals surface area contributed by atoms with E-state index in [-0.39, 0.29) is 5.91 Å². The number of anilines is 2. The summed E-state index contributed by atoms with van der Waals surface area (Å²) >= 11 is 9.43. The number of aromatic nitrogens is 3. The number of allylic oxidation sites excluding steroid dienone is 1. The van der Waals surface area contributed by atoms with Crippen LogP contribution >= 0.6 is 27.5 Å². The average molecular weight is 445 g/mol. The van der Waals surface area contributed by atoms with E-state index >= 15 is 0 Å². The molecule has 1 atom stereocenters. The summed E-state index contributed by atoms with van der Waals surface area (Å²) in [6.45, 7) is 1.86. The number of hydrogen-bond donors (Lipinski definition) is 2. The molecule has 4 rings (SSSR count). The van der Waals surface area contributed by atoms with Crippen molar-refractivity contribution in [3.8, 4) is 0 Å². The summed E-state index contributed by atoms with van der Waals surface area (Å²) in [6.07, 6.45) is 1.47. The molecule has 0 spiro atoms. The first kappa shape index (κ1) is 17.8. The molecule has 0 saturated heterocycles. The third-order valence-electron chi connectivity index (χ3n) is 4.31. The number of nitrogens with zero attached hydrogens (tertiary/aromatic N) is 3. The van der Waals surface area contributed by atoms with E-state index in [4.69, 9.17) is 11.6 Å². The van der Waals surface area contributed by atoms with E-state index in [1.54, 1.807) is 28.9 Å². The molecule has 2 heterocycles. The van der Waals surface area contributed by atoms with Crippen LogP contribution < -0.4 is 10.6 Å². The van der Waals surface area contributed by atoms with Crippen molar-refractivity contribution >= 4 is 45.1 Å². The minimum absolute atomic E-state index is 0.214. The normalized spacial score (nSPS) is 15.9.